The predicted molar refractivity (Wildman–Crippen MR) is 104 cm³/mol. The molecule has 4 heteroatoms. The fraction of sp³-hybridized carbons (Fsp3) is 0.455. The van der Waals surface area contributed by atoms with Crippen molar-refractivity contribution < 1.29 is 19.3 Å². The Kier molecular flexibility index (Phi) is 7.64. The molecule has 26 heavy (non-hydrogen) atoms. The lowest BCUT2D eigenvalue weighted by Gasteiger charge is -2.29. The molecule has 0 spiro atoms. The molecule has 1 fully saturated rings. The maximum atomic E-state index is 10.3. The summed E-state index contributed by atoms with van der Waals surface area (Å²) in [7, 11) is 1.62. The van der Waals surface area contributed by atoms with E-state index in [2.05, 4.69) is 6.92 Å². The number of phenols is 1. The summed E-state index contributed by atoms with van der Waals surface area (Å²) in [4.78, 5) is 0. The number of rotatable bonds is 8. The molecule has 0 radical (unpaired) electrons. The summed E-state index contributed by atoms with van der Waals surface area (Å²) in [6, 6.07) is 5.62. The van der Waals surface area contributed by atoms with Gasteiger partial charge in [-0.2, -0.15) is 0 Å². The standard InChI is InChI=1S/C22H30O4/c1-5-7-8-9-12-18-15-26-22(3,24-4)21(18)25-16-19-17(11-6-2)13-10-14-20(19)23/h5,7-10,12-14,21,23H,6,11,15-16H2,1-4H3/b7-5+,9-8+,18-12+/t21-,22-/m0/s1. The lowest BCUT2D eigenvalue weighted by atomic mass is 10.0. The van der Waals surface area contributed by atoms with Crippen molar-refractivity contribution in [1.29, 1.82) is 0 Å². The number of aryl methyl sites for hydroxylation is 1. The van der Waals surface area contributed by atoms with Crippen molar-refractivity contribution in [3.8, 4) is 5.75 Å². The zero-order valence-electron chi connectivity index (χ0n) is 16.2. The van der Waals surface area contributed by atoms with Gasteiger partial charge in [-0.25, -0.2) is 0 Å². The maximum Gasteiger partial charge on any atom is 0.195 e. The highest BCUT2D eigenvalue weighted by Gasteiger charge is 2.44. The van der Waals surface area contributed by atoms with Crippen LogP contribution in [0.25, 0.3) is 0 Å². The number of phenolic OH excluding ortho intramolecular Hbond substituents is 1. The van der Waals surface area contributed by atoms with Crippen molar-refractivity contribution >= 4 is 0 Å². The average molecular weight is 358 g/mol. The quantitative estimate of drug-likeness (QED) is 0.686. The largest absolute Gasteiger partial charge is 0.508 e. The van der Waals surface area contributed by atoms with Gasteiger partial charge in [-0.05, 0) is 37.5 Å². The molecule has 0 aromatic heterocycles. The molecule has 1 heterocycles. The van der Waals surface area contributed by atoms with Crippen LogP contribution in [0.3, 0.4) is 0 Å². The van der Waals surface area contributed by atoms with Crippen LogP contribution in [0.5, 0.6) is 5.75 Å². The highest BCUT2D eigenvalue weighted by atomic mass is 16.7. The summed E-state index contributed by atoms with van der Waals surface area (Å²) in [5.41, 5.74) is 2.97. The second kappa shape index (κ2) is 9.72. The molecule has 0 saturated carbocycles. The van der Waals surface area contributed by atoms with Crippen molar-refractivity contribution in [1.82, 2.24) is 0 Å². The molecular weight excluding hydrogens is 328 g/mol. The van der Waals surface area contributed by atoms with Crippen molar-refractivity contribution in [2.75, 3.05) is 13.7 Å². The Morgan fingerprint density at radius 3 is 2.81 bits per heavy atom. The summed E-state index contributed by atoms with van der Waals surface area (Å²) in [6.45, 7) is 6.75. The van der Waals surface area contributed by atoms with Crippen LogP contribution in [0.15, 0.2) is 54.2 Å². The van der Waals surface area contributed by atoms with Crippen LogP contribution in [0.4, 0.5) is 0 Å². The van der Waals surface area contributed by atoms with Crippen molar-refractivity contribution in [3.63, 3.8) is 0 Å². The maximum absolute atomic E-state index is 10.3. The van der Waals surface area contributed by atoms with Crippen molar-refractivity contribution in [2.24, 2.45) is 0 Å². The Morgan fingerprint density at radius 1 is 1.31 bits per heavy atom. The van der Waals surface area contributed by atoms with E-state index in [1.165, 1.54) is 0 Å². The van der Waals surface area contributed by atoms with Gasteiger partial charge < -0.3 is 19.3 Å². The zero-order chi connectivity index (χ0) is 19.0. The third kappa shape index (κ3) is 4.85. The number of benzene rings is 1. The van der Waals surface area contributed by atoms with Gasteiger partial charge in [0, 0.05) is 12.7 Å². The minimum absolute atomic E-state index is 0.271. The number of hydrogen-bond acceptors (Lipinski definition) is 4. The third-order valence-corrected chi connectivity index (χ3v) is 4.63. The first kappa shape index (κ1) is 20.4. The summed E-state index contributed by atoms with van der Waals surface area (Å²) in [6.07, 6.45) is 11.5. The summed E-state index contributed by atoms with van der Waals surface area (Å²) in [5.74, 6) is -0.567. The van der Waals surface area contributed by atoms with Crippen molar-refractivity contribution in [3.05, 3.63) is 65.3 Å². The highest BCUT2D eigenvalue weighted by Crippen LogP contribution is 2.35. The normalized spacial score (nSPS) is 25.1. The van der Waals surface area contributed by atoms with Gasteiger partial charge in [-0.3, -0.25) is 0 Å². The van der Waals surface area contributed by atoms with Gasteiger partial charge in [-0.1, -0.05) is 55.9 Å². The van der Waals surface area contributed by atoms with Gasteiger partial charge in [0.1, 0.15) is 11.9 Å². The summed E-state index contributed by atoms with van der Waals surface area (Å²) >= 11 is 0. The Labute approximate surface area is 156 Å². The molecule has 2 rings (SSSR count). The topological polar surface area (TPSA) is 47.9 Å². The number of hydrogen-bond donors (Lipinski definition) is 1. The number of ether oxygens (including phenoxy) is 3. The van der Waals surface area contributed by atoms with E-state index in [-0.39, 0.29) is 11.9 Å². The molecular formula is C22H30O4. The molecule has 1 aliphatic heterocycles. The second-order valence-electron chi connectivity index (χ2n) is 6.52. The Bertz CT molecular complexity index is 675. The lowest BCUT2D eigenvalue weighted by molar-refractivity contribution is -0.229. The SMILES string of the molecule is C/C=C/C=C/C=C1\CO[C@](C)(OC)[C@H]1OCc1c(O)cccc1CCC. The Balaban J connectivity index is 2.21. The van der Waals surface area contributed by atoms with Crippen LogP contribution in [0.1, 0.15) is 38.3 Å². The fourth-order valence-corrected chi connectivity index (χ4v) is 3.09. The predicted octanol–water partition coefficient (Wildman–Crippen LogP) is 4.68. The summed E-state index contributed by atoms with van der Waals surface area (Å²) in [5, 5.41) is 10.3. The molecule has 1 aromatic rings. The lowest BCUT2D eigenvalue weighted by Crippen LogP contribution is -2.40. The first-order chi connectivity index (χ1) is 12.6. The van der Waals surface area contributed by atoms with Crippen LogP contribution < -0.4 is 0 Å². The average Bonchev–Trinajstić information content (AvgIpc) is 2.95. The molecule has 1 aromatic carbocycles. The molecule has 0 unspecified atom stereocenters. The van der Waals surface area contributed by atoms with Gasteiger partial charge in [0.2, 0.25) is 0 Å². The molecule has 4 nitrogen and oxygen atoms in total. The van der Waals surface area contributed by atoms with Crippen molar-refractivity contribution in [2.45, 2.75) is 52.1 Å². The van der Waals surface area contributed by atoms with E-state index in [1.54, 1.807) is 13.2 Å². The smallest absolute Gasteiger partial charge is 0.195 e. The number of aromatic hydroxyl groups is 1. The van der Waals surface area contributed by atoms with Gasteiger partial charge in [0.15, 0.2) is 5.79 Å². The van der Waals surface area contributed by atoms with E-state index in [0.29, 0.717) is 13.2 Å². The molecule has 1 aliphatic rings. The Morgan fingerprint density at radius 2 is 2.12 bits per heavy atom. The van der Waals surface area contributed by atoms with Crippen LogP contribution >= 0.6 is 0 Å². The zero-order valence-corrected chi connectivity index (χ0v) is 16.2. The molecule has 1 saturated heterocycles. The van der Waals surface area contributed by atoms with E-state index in [0.717, 1.165) is 29.5 Å². The second-order valence-corrected chi connectivity index (χ2v) is 6.52. The minimum Gasteiger partial charge on any atom is -0.508 e. The first-order valence-electron chi connectivity index (χ1n) is 9.14. The van der Waals surface area contributed by atoms with E-state index >= 15 is 0 Å². The molecule has 2 atom stereocenters. The molecule has 0 aliphatic carbocycles. The summed E-state index contributed by atoms with van der Waals surface area (Å²) < 4.78 is 17.6. The van der Waals surface area contributed by atoms with E-state index in [9.17, 15) is 5.11 Å². The Hall–Kier alpha value is -1.88. The minimum atomic E-state index is -0.838. The van der Waals surface area contributed by atoms with E-state index in [4.69, 9.17) is 14.2 Å². The third-order valence-electron chi connectivity index (χ3n) is 4.63. The highest BCUT2D eigenvalue weighted by molar-refractivity contribution is 5.39. The van der Waals surface area contributed by atoms with E-state index in [1.807, 2.05) is 56.4 Å². The number of allylic oxidation sites excluding steroid dienone is 5. The molecule has 0 bridgehead atoms. The molecule has 1 N–H and O–H groups in total. The van der Waals surface area contributed by atoms with Crippen LogP contribution in [-0.4, -0.2) is 30.7 Å². The van der Waals surface area contributed by atoms with Crippen LogP contribution in [0, 0.1) is 0 Å². The number of methoxy groups -OCH3 is 1. The monoisotopic (exact) mass is 358 g/mol. The van der Waals surface area contributed by atoms with Gasteiger partial charge in [-0.15, -0.1) is 0 Å². The van der Waals surface area contributed by atoms with Crippen LogP contribution in [0.2, 0.25) is 0 Å². The molecule has 0 amide bonds. The van der Waals surface area contributed by atoms with Gasteiger partial charge >= 0.3 is 0 Å². The first-order valence-corrected chi connectivity index (χ1v) is 9.14. The van der Waals surface area contributed by atoms with Crippen LogP contribution in [-0.2, 0) is 27.2 Å². The molecule has 142 valence electrons. The van der Waals surface area contributed by atoms with Gasteiger partial charge in [0.05, 0.1) is 13.2 Å². The fourth-order valence-electron chi connectivity index (χ4n) is 3.09. The van der Waals surface area contributed by atoms with E-state index < -0.39 is 5.79 Å². The van der Waals surface area contributed by atoms with Gasteiger partial charge in [0.25, 0.3) is 0 Å².